The molecule has 2 aromatic carbocycles. The number of amidine groups is 2. The van der Waals surface area contributed by atoms with Gasteiger partial charge in [-0.3, -0.25) is 15.6 Å². The lowest BCUT2D eigenvalue weighted by molar-refractivity contribution is 0.0683. The Morgan fingerprint density at radius 3 is 2.63 bits per heavy atom. The summed E-state index contributed by atoms with van der Waals surface area (Å²) in [6.07, 6.45) is 0. The van der Waals surface area contributed by atoms with Crippen LogP contribution in [-0.2, 0) is 0 Å². The van der Waals surface area contributed by atoms with Crippen molar-refractivity contribution in [2.45, 2.75) is 13.0 Å². The Balaban J connectivity index is 1.81. The average Bonchev–Trinajstić information content (AvgIpc) is 2.64. The highest BCUT2D eigenvalue weighted by atomic mass is 35.5. The zero-order valence-corrected chi connectivity index (χ0v) is 16.0. The Bertz CT molecular complexity index is 934. The van der Waals surface area contributed by atoms with Gasteiger partial charge in [0.25, 0.3) is 5.91 Å². The van der Waals surface area contributed by atoms with Crippen LogP contribution >= 0.6 is 23.2 Å². The van der Waals surface area contributed by atoms with Gasteiger partial charge in [0.2, 0.25) is 0 Å². The summed E-state index contributed by atoms with van der Waals surface area (Å²) in [5.74, 6) is -0.661. The van der Waals surface area contributed by atoms with Gasteiger partial charge in [-0.2, -0.15) is 0 Å². The van der Waals surface area contributed by atoms with E-state index in [1.165, 1.54) is 28.0 Å². The van der Waals surface area contributed by atoms with E-state index in [1.54, 1.807) is 24.3 Å². The maximum Gasteiger partial charge on any atom is 0.256 e. The van der Waals surface area contributed by atoms with Crippen LogP contribution in [0.3, 0.4) is 0 Å². The number of nitrogens with zero attached hydrogens (tertiary/aromatic N) is 2. The van der Waals surface area contributed by atoms with E-state index in [-0.39, 0.29) is 52.3 Å². The molecule has 0 spiro atoms. The fourth-order valence-electron chi connectivity index (χ4n) is 2.99. The number of carbonyl (C=O) groups is 1. The topological polar surface area (TPSA) is 71.2 Å². The van der Waals surface area contributed by atoms with Crippen molar-refractivity contribution in [1.82, 2.24) is 9.80 Å². The van der Waals surface area contributed by atoms with E-state index in [4.69, 9.17) is 34.0 Å². The minimum absolute atomic E-state index is 0.0144. The summed E-state index contributed by atoms with van der Waals surface area (Å²) in [7, 11) is 0. The molecule has 1 unspecified atom stereocenters. The van der Waals surface area contributed by atoms with Crippen molar-refractivity contribution in [3.63, 3.8) is 0 Å². The third-order valence-electron chi connectivity index (χ3n) is 4.44. The highest BCUT2D eigenvalue weighted by Gasteiger charge is 2.34. The molecule has 0 bridgehead atoms. The minimum atomic E-state index is -0.443. The lowest BCUT2D eigenvalue weighted by Gasteiger charge is -2.41. The number of benzene rings is 2. The van der Waals surface area contributed by atoms with Gasteiger partial charge in [0.15, 0.2) is 0 Å². The standard InChI is InChI=1S/C19H17Cl2FN4O/c1-11-9-26(18(24)12-4-2-5-13(22)8-12)16(23)10-25(11)19(27)14-6-3-7-15(20)17(14)21/h2-8,11,23-24H,9-10H2,1H3. The van der Waals surface area contributed by atoms with E-state index in [9.17, 15) is 9.18 Å². The van der Waals surface area contributed by atoms with Crippen molar-refractivity contribution in [2.75, 3.05) is 13.1 Å². The second kappa shape index (κ2) is 7.66. The van der Waals surface area contributed by atoms with E-state index in [0.29, 0.717) is 5.56 Å². The first-order valence-corrected chi connectivity index (χ1v) is 8.99. The molecule has 140 valence electrons. The summed E-state index contributed by atoms with van der Waals surface area (Å²) < 4.78 is 13.4. The van der Waals surface area contributed by atoms with Crippen LogP contribution in [0.4, 0.5) is 4.39 Å². The van der Waals surface area contributed by atoms with Gasteiger partial charge in [0.1, 0.15) is 17.5 Å². The molecule has 1 heterocycles. The van der Waals surface area contributed by atoms with Crippen LogP contribution in [0, 0.1) is 16.6 Å². The van der Waals surface area contributed by atoms with E-state index in [1.807, 2.05) is 6.92 Å². The van der Waals surface area contributed by atoms with Gasteiger partial charge in [0.05, 0.1) is 22.2 Å². The molecule has 2 aromatic rings. The number of halogens is 3. The largest absolute Gasteiger partial charge is 0.327 e. The molecule has 27 heavy (non-hydrogen) atoms. The highest BCUT2D eigenvalue weighted by molar-refractivity contribution is 6.43. The second-order valence-corrected chi connectivity index (χ2v) is 7.08. The minimum Gasteiger partial charge on any atom is -0.327 e. The molecule has 2 N–H and O–H groups in total. The molecule has 1 amide bonds. The highest BCUT2D eigenvalue weighted by Crippen LogP contribution is 2.28. The van der Waals surface area contributed by atoms with E-state index in [0.717, 1.165) is 0 Å². The van der Waals surface area contributed by atoms with Crippen LogP contribution in [0.5, 0.6) is 0 Å². The smallest absolute Gasteiger partial charge is 0.256 e. The number of rotatable bonds is 2. The summed E-state index contributed by atoms with van der Waals surface area (Å²) in [6, 6.07) is 10.3. The van der Waals surface area contributed by atoms with Gasteiger partial charge in [-0.15, -0.1) is 0 Å². The molecular formula is C19H17Cl2FN4O. The Hall–Kier alpha value is -2.44. The van der Waals surface area contributed by atoms with Gasteiger partial charge in [-0.05, 0) is 31.2 Å². The monoisotopic (exact) mass is 406 g/mol. The number of hydrogen-bond donors (Lipinski definition) is 2. The Morgan fingerprint density at radius 1 is 1.22 bits per heavy atom. The molecular weight excluding hydrogens is 390 g/mol. The Labute approximate surface area is 166 Å². The predicted molar refractivity (Wildman–Crippen MR) is 105 cm³/mol. The first-order valence-electron chi connectivity index (χ1n) is 8.24. The zero-order chi connectivity index (χ0) is 19.7. The van der Waals surface area contributed by atoms with Crippen molar-refractivity contribution >= 4 is 40.8 Å². The average molecular weight is 407 g/mol. The molecule has 1 aliphatic rings. The van der Waals surface area contributed by atoms with Crippen molar-refractivity contribution < 1.29 is 9.18 Å². The molecule has 0 radical (unpaired) electrons. The summed E-state index contributed by atoms with van der Waals surface area (Å²) in [6.45, 7) is 2.09. The van der Waals surface area contributed by atoms with E-state index in [2.05, 4.69) is 0 Å². The molecule has 1 atom stereocenters. The van der Waals surface area contributed by atoms with Crippen molar-refractivity contribution in [3.05, 3.63) is 69.5 Å². The summed E-state index contributed by atoms with van der Waals surface area (Å²) in [5.41, 5.74) is 0.655. The molecule has 3 rings (SSSR count). The van der Waals surface area contributed by atoms with Gasteiger partial charge in [-0.1, -0.05) is 41.4 Å². The summed E-state index contributed by atoms with van der Waals surface area (Å²) in [5, 5.41) is 17.1. The maximum atomic E-state index is 13.4. The molecule has 1 fully saturated rings. The van der Waals surface area contributed by atoms with Crippen LogP contribution < -0.4 is 0 Å². The number of nitrogens with one attached hydrogen (secondary N) is 2. The van der Waals surface area contributed by atoms with Crippen LogP contribution in [0.15, 0.2) is 42.5 Å². The van der Waals surface area contributed by atoms with Crippen molar-refractivity contribution in [2.24, 2.45) is 0 Å². The molecule has 0 aliphatic carbocycles. The number of amides is 1. The first-order chi connectivity index (χ1) is 12.8. The van der Waals surface area contributed by atoms with Crippen LogP contribution in [-0.4, -0.2) is 46.5 Å². The van der Waals surface area contributed by atoms with Crippen molar-refractivity contribution in [1.29, 1.82) is 10.8 Å². The number of piperazine rings is 1. The first kappa shape index (κ1) is 19.3. The SMILES string of the molecule is CC1CN(C(=N)c2cccc(F)c2)C(=N)CN1C(=O)c1cccc(Cl)c1Cl. The molecule has 0 saturated carbocycles. The molecule has 1 saturated heterocycles. The van der Waals surface area contributed by atoms with Gasteiger partial charge in [-0.25, -0.2) is 4.39 Å². The fraction of sp³-hybridized carbons (Fsp3) is 0.211. The molecule has 5 nitrogen and oxygen atoms in total. The van der Waals surface area contributed by atoms with Crippen LogP contribution in [0.1, 0.15) is 22.8 Å². The lowest BCUT2D eigenvalue weighted by atomic mass is 10.1. The van der Waals surface area contributed by atoms with Crippen molar-refractivity contribution in [3.8, 4) is 0 Å². The third-order valence-corrected chi connectivity index (χ3v) is 5.25. The normalized spacial score (nSPS) is 17.2. The zero-order valence-electron chi connectivity index (χ0n) is 14.5. The second-order valence-electron chi connectivity index (χ2n) is 6.30. The fourth-order valence-corrected chi connectivity index (χ4v) is 3.37. The quantitative estimate of drug-likeness (QED) is 0.576. The van der Waals surface area contributed by atoms with Gasteiger partial charge in [0, 0.05) is 18.2 Å². The molecule has 1 aliphatic heterocycles. The Morgan fingerprint density at radius 2 is 1.93 bits per heavy atom. The van der Waals surface area contributed by atoms with E-state index >= 15 is 0 Å². The number of carbonyl (C=O) groups excluding carboxylic acids is 1. The summed E-state index contributed by atoms with van der Waals surface area (Å²) in [4.78, 5) is 15.9. The third kappa shape index (κ3) is 3.82. The molecule has 0 aromatic heterocycles. The summed E-state index contributed by atoms with van der Waals surface area (Å²) >= 11 is 12.1. The van der Waals surface area contributed by atoms with Gasteiger partial charge < -0.3 is 9.80 Å². The number of hydrogen-bond acceptors (Lipinski definition) is 3. The lowest BCUT2D eigenvalue weighted by Crippen LogP contribution is -2.58. The van der Waals surface area contributed by atoms with E-state index < -0.39 is 5.82 Å². The maximum absolute atomic E-state index is 13.4. The van der Waals surface area contributed by atoms with Gasteiger partial charge >= 0.3 is 0 Å². The molecule has 8 heteroatoms. The van der Waals surface area contributed by atoms with Crippen LogP contribution in [0.25, 0.3) is 0 Å². The van der Waals surface area contributed by atoms with Crippen LogP contribution in [0.2, 0.25) is 10.0 Å². The predicted octanol–water partition coefficient (Wildman–Crippen LogP) is 4.28. The Kier molecular flexibility index (Phi) is 5.48.